The van der Waals surface area contributed by atoms with Gasteiger partial charge in [0.25, 0.3) is 0 Å². The average Bonchev–Trinajstić information content (AvgIpc) is 3.14. The van der Waals surface area contributed by atoms with E-state index in [1.54, 1.807) is 0 Å². The molecule has 0 aliphatic rings. The van der Waals surface area contributed by atoms with Gasteiger partial charge in [-0.05, 0) is 6.42 Å². The second kappa shape index (κ2) is 46.8. The van der Waals surface area contributed by atoms with Crippen LogP contribution in [0.5, 0.6) is 0 Å². The van der Waals surface area contributed by atoms with E-state index in [-0.39, 0.29) is 6.61 Å². The molecule has 304 valence electrons. The zero-order chi connectivity index (χ0) is 36.8. The molecule has 0 fully saturated rings. The highest BCUT2D eigenvalue weighted by molar-refractivity contribution is 5.81. The van der Waals surface area contributed by atoms with Crippen molar-refractivity contribution in [3.8, 4) is 0 Å². The van der Waals surface area contributed by atoms with Crippen molar-refractivity contribution in [1.82, 2.24) is 0 Å². The van der Waals surface area contributed by atoms with E-state index in [1.807, 2.05) is 0 Å². The molecule has 51 heavy (non-hydrogen) atoms. The molecule has 0 unspecified atom stereocenters. The molecule has 0 aliphatic carbocycles. The molecule has 0 bridgehead atoms. The molecule has 0 radical (unpaired) electrons. The normalized spacial score (nSPS) is 11.4. The Kier molecular flexibility index (Phi) is 45.7. The lowest BCUT2D eigenvalue weighted by atomic mass is 10.0. The van der Waals surface area contributed by atoms with Gasteiger partial charge in [-0.2, -0.15) is 0 Å². The molecule has 0 N–H and O–H groups in total. The highest BCUT2D eigenvalue weighted by Gasteiger charge is 1.98. The van der Waals surface area contributed by atoms with E-state index in [9.17, 15) is 4.79 Å². The molecule has 0 aromatic rings. The Morgan fingerprint density at radius 3 is 0.804 bits per heavy atom. The fourth-order valence-electron chi connectivity index (χ4n) is 4.74. The van der Waals surface area contributed by atoms with Crippen molar-refractivity contribution in [1.29, 1.82) is 0 Å². The van der Waals surface area contributed by atoms with Crippen molar-refractivity contribution in [3.63, 3.8) is 0 Å². The summed E-state index contributed by atoms with van der Waals surface area (Å²) in [5.41, 5.74) is 0. The van der Waals surface area contributed by atoms with Crippen LogP contribution in [-0.2, 0) is 56.9 Å². The number of unbranched alkanes of at least 4 members (excludes halogenated alkanes) is 13. The quantitative estimate of drug-likeness (QED) is 0.0393. The van der Waals surface area contributed by atoms with Gasteiger partial charge in [0.05, 0.1) is 126 Å². The maximum atomic E-state index is 10.9. The fourth-order valence-corrected chi connectivity index (χ4v) is 4.74. The Balaban J connectivity index is 3.06. The lowest BCUT2D eigenvalue weighted by Gasteiger charge is -2.09. The summed E-state index contributed by atoms with van der Waals surface area (Å²) in [6.45, 7) is 16.3. The van der Waals surface area contributed by atoms with Crippen LogP contribution < -0.4 is 0 Å². The van der Waals surface area contributed by atoms with Crippen molar-refractivity contribution in [3.05, 3.63) is 12.7 Å². The summed E-state index contributed by atoms with van der Waals surface area (Å²) in [5.74, 6) is -0.455. The molecule has 0 aliphatic heterocycles. The zero-order valence-electron chi connectivity index (χ0n) is 32.4. The topological polar surface area (TPSA) is 119 Å². The van der Waals surface area contributed by atoms with Crippen LogP contribution >= 0.6 is 0 Å². The Morgan fingerprint density at radius 2 is 0.549 bits per heavy atom. The van der Waals surface area contributed by atoms with Crippen molar-refractivity contribution in [2.75, 3.05) is 139 Å². The van der Waals surface area contributed by atoms with Gasteiger partial charge in [-0.15, -0.1) is 0 Å². The minimum absolute atomic E-state index is 0.202. The summed E-state index contributed by atoms with van der Waals surface area (Å²) in [6.07, 6.45) is 20.3. The van der Waals surface area contributed by atoms with Crippen molar-refractivity contribution >= 4 is 5.97 Å². The number of hydrogen-bond donors (Lipinski definition) is 0. The monoisotopic (exact) mass is 737 g/mol. The third kappa shape index (κ3) is 46.8. The van der Waals surface area contributed by atoms with Crippen molar-refractivity contribution < 1.29 is 56.9 Å². The van der Waals surface area contributed by atoms with Gasteiger partial charge in [0.2, 0.25) is 0 Å². The highest BCUT2D eigenvalue weighted by atomic mass is 16.6. The van der Waals surface area contributed by atoms with Gasteiger partial charge in [-0.3, -0.25) is 0 Å². The Labute approximate surface area is 310 Å². The van der Waals surface area contributed by atoms with E-state index in [0.717, 1.165) is 19.1 Å². The van der Waals surface area contributed by atoms with Gasteiger partial charge in [-0.1, -0.05) is 97.0 Å². The van der Waals surface area contributed by atoms with Gasteiger partial charge in [0, 0.05) is 12.7 Å². The number of rotatable bonds is 46. The van der Waals surface area contributed by atoms with E-state index in [4.69, 9.17) is 52.1 Å². The average molecular weight is 737 g/mol. The van der Waals surface area contributed by atoms with Crippen molar-refractivity contribution in [2.45, 2.75) is 96.8 Å². The Hall–Kier alpha value is -1.19. The van der Waals surface area contributed by atoms with Crippen LogP contribution in [-0.4, -0.2) is 145 Å². The summed E-state index contributed by atoms with van der Waals surface area (Å²) in [6, 6.07) is 0. The summed E-state index contributed by atoms with van der Waals surface area (Å²) in [5, 5.41) is 0. The fraction of sp³-hybridized carbons (Fsp3) is 0.923. The summed E-state index contributed by atoms with van der Waals surface area (Å²) in [4.78, 5) is 10.9. The smallest absolute Gasteiger partial charge is 0.330 e. The molecular weight excluding hydrogens is 660 g/mol. The summed E-state index contributed by atoms with van der Waals surface area (Å²) >= 11 is 0. The number of ether oxygens (including phenoxy) is 11. The standard InChI is InChI=1S/C39H76O12/c1-3-5-6-7-8-9-10-11-12-13-14-15-16-17-18-41-19-20-42-21-22-43-23-24-44-25-26-45-27-28-46-29-30-47-31-32-48-33-34-49-35-36-50-37-38-51-39(40)4-2/h4H,2-3,5-38H2,1H3. The second-order valence-electron chi connectivity index (χ2n) is 12.1. The summed E-state index contributed by atoms with van der Waals surface area (Å²) < 4.78 is 59.6. The zero-order valence-corrected chi connectivity index (χ0v) is 32.4. The van der Waals surface area contributed by atoms with Crippen LogP contribution in [0.2, 0.25) is 0 Å². The number of esters is 1. The summed E-state index contributed by atoms with van der Waals surface area (Å²) in [7, 11) is 0. The predicted octanol–water partition coefficient (Wildman–Crippen LogP) is 6.36. The van der Waals surface area contributed by atoms with Crippen LogP contribution in [0.25, 0.3) is 0 Å². The third-order valence-corrected chi connectivity index (χ3v) is 7.63. The lowest BCUT2D eigenvalue weighted by Crippen LogP contribution is -2.15. The van der Waals surface area contributed by atoms with Gasteiger partial charge in [-0.25, -0.2) is 4.79 Å². The van der Waals surface area contributed by atoms with Gasteiger partial charge in [0.1, 0.15) is 6.61 Å². The van der Waals surface area contributed by atoms with E-state index in [2.05, 4.69) is 13.5 Å². The van der Waals surface area contributed by atoms with Crippen LogP contribution in [0.15, 0.2) is 12.7 Å². The maximum absolute atomic E-state index is 10.9. The van der Waals surface area contributed by atoms with Gasteiger partial charge in [0.15, 0.2) is 0 Å². The third-order valence-electron chi connectivity index (χ3n) is 7.63. The van der Waals surface area contributed by atoms with Crippen molar-refractivity contribution in [2.24, 2.45) is 0 Å². The maximum Gasteiger partial charge on any atom is 0.330 e. The van der Waals surface area contributed by atoms with Crippen LogP contribution in [0, 0.1) is 0 Å². The SMILES string of the molecule is C=CC(=O)OCCOCCOCCOCCOCCOCCOCCOCCOCCOCCOCCCCCCCCCCCCCCCC. The first-order valence-corrected chi connectivity index (χ1v) is 19.9. The first-order valence-electron chi connectivity index (χ1n) is 19.9. The molecule has 12 nitrogen and oxygen atoms in total. The molecule has 0 saturated heterocycles. The Bertz CT molecular complexity index is 670. The molecule has 0 saturated carbocycles. The number of hydrogen-bond acceptors (Lipinski definition) is 12. The second-order valence-corrected chi connectivity index (χ2v) is 12.1. The molecule has 0 aromatic carbocycles. The molecule has 0 heterocycles. The largest absolute Gasteiger partial charge is 0.460 e. The highest BCUT2D eigenvalue weighted by Crippen LogP contribution is 2.13. The molecule has 0 aromatic heterocycles. The Morgan fingerprint density at radius 1 is 0.333 bits per heavy atom. The molecule has 12 heteroatoms. The minimum atomic E-state index is -0.455. The van der Waals surface area contributed by atoms with Gasteiger partial charge < -0.3 is 52.1 Å². The molecule has 0 amide bonds. The van der Waals surface area contributed by atoms with Crippen LogP contribution in [0.3, 0.4) is 0 Å². The van der Waals surface area contributed by atoms with Crippen LogP contribution in [0.1, 0.15) is 96.8 Å². The lowest BCUT2D eigenvalue weighted by molar-refractivity contribution is -0.139. The number of carbonyl (C=O) groups is 1. The minimum Gasteiger partial charge on any atom is -0.460 e. The van der Waals surface area contributed by atoms with E-state index < -0.39 is 5.97 Å². The van der Waals surface area contributed by atoms with E-state index in [1.165, 1.54) is 83.5 Å². The molecule has 0 spiro atoms. The first-order chi connectivity index (χ1) is 25.3. The van der Waals surface area contributed by atoms with E-state index in [0.29, 0.717) is 126 Å². The van der Waals surface area contributed by atoms with E-state index >= 15 is 0 Å². The first kappa shape index (κ1) is 49.8. The molecule has 0 atom stereocenters. The molecule has 0 rings (SSSR count). The number of carbonyl (C=O) groups excluding carboxylic acids is 1. The van der Waals surface area contributed by atoms with Gasteiger partial charge >= 0.3 is 5.97 Å². The molecular formula is C39H76O12. The van der Waals surface area contributed by atoms with Crippen LogP contribution in [0.4, 0.5) is 0 Å². The predicted molar refractivity (Wildman–Crippen MR) is 200 cm³/mol.